The number of para-hydroxylation sites is 1. The molecule has 27 heavy (non-hydrogen) atoms. The third kappa shape index (κ3) is 6.70. The Hall–Kier alpha value is -1.79. The molecule has 2 aromatic rings. The van der Waals surface area contributed by atoms with Crippen LogP contribution < -0.4 is 16.4 Å². The number of benzene rings is 2. The van der Waals surface area contributed by atoms with Gasteiger partial charge in [0, 0.05) is 29.1 Å². The van der Waals surface area contributed by atoms with Gasteiger partial charge >= 0.3 is 0 Å². The molecule has 0 aromatic heterocycles. The van der Waals surface area contributed by atoms with Gasteiger partial charge in [0.05, 0.1) is 11.3 Å². The molecule has 1 atom stereocenters. The summed E-state index contributed by atoms with van der Waals surface area (Å²) < 4.78 is 0. The molecule has 2 rings (SSSR count). The fourth-order valence-corrected chi connectivity index (χ4v) is 2.92. The zero-order valence-corrected chi connectivity index (χ0v) is 17.1. The van der Waals surface area contributed by atoms with Crippen LogP contribution >= 0.6 is 35.6 Å². The van der Waals surface area contributed by atoms with E-state index in [9.17, 15) is 9.59 Å². The van der Waals surface area contributed by atoms with Crippen molar-refractivity contribution in [1.82, 2.24) is 5.32 Å². The molecule has 0 aliphatic carbocycles. The van der Waals surface area contributed by atoms with Gasteiger partial charge in [-0.1, -0.05) is 48.3 Å². The minimum Gasteiger partial charge on any atom is -0.351 e. The van der Waals surface area contributed by atoms with Gasteiger partial charge in [-0.05, 0) is 36.2 Å². The van der Waals surface area contributed by atoms with Gasteiger partial charge < -0.3 is 16.4 Å². The Kier molecular flexibility index (Phi) is 9.60. The number of halogens is 3. The topological polar surface area (TPSA) is 84.2 Å². The molecule has 0 saturated heterocycles. The fraction of sp³-hybridized carbons (Fsp3) is 0.263. The average molecular weight is 431 g/mol. The van der Waals surface area contributed by atoms with Crippen molar-refractivity contribution in [3.63, 3.8) is 0 Å². The number of hydrogen-bond acceptors (Lipinski definition) is 3. The Morgan fingerprint density at radius 2 is 1.85 bits per heavy atom. The van der Waals surface area contributed by atoms with Crippen molar-refractivity contribution >= 4 is 53.1 Å². The lowest BCUT2D eigenvalue weighted by Crippen LogP contribution is -2.30. The standard InChI is InChI=1S/C19H21Cl2N3O2.ClH/c1-12(10-13-6-7-14(20)11-16(13)21)18(25)24-17-5-3-2-4-15(17)19(26)23-9-8-22;/h2-7,11-12H,8-10,22H2,1H3,(H,23,26)(H,24,25);1H. The summed E-state index contributed by atoms with van der Waals surface area (Å²) in [5.41, 5.74) is 7.10. The third-order valence-electron chi connectivity index (χ3n) is 3.85. The molecule has 0 heterocycles. The molecule has 2 aromatic carbocycles. The second-order valence-electron chi connectivity index (χ2n) is 5.92. The molecule has 0 radical (unpaired) electrons. The zero-order valence-electron chi connectivity index (χ0n) is 14.8. The molecule has 1 unspecified atom stereocenters. The van der Waals surface area contributed by atoms with Crippen molar-refractivity contribution in [2.24, 2.45) is 11.7 Å². The average Bonchev–Trinajstić information content (AvgIpc) is 2.62. The van der Waals surface area contributed by atoms with Crippen molar-refractivity contribution in [3.05, 3.63) is 63.6 Å². The van der Waals surface area contributed by atoms with E-state index in [2.05, 4.69) is 10.6 Å². The van der Waals surface area contributed by atoms with Crippen LogP contribution in [-0.2, 0) is 11.2 Å². The molecule has 8 heteroatoms. The van der Waals surface area contributed by atoms with Crippen LogP contribution in [0, 0.1) is 5.92 Å². The molecule has 2 amide bonds. The molecular formula is C19H22Cl3N3O2. The van der Waals surface area contributed by atoms with Gasteiger partial charge in [0.1, 0.15) is 0 Å². The van der Waals surface area contributed by atoms with E-state index in [-0.39, 0.29) is 30.1 Å². The summed E-state index contributed by atoms with van der Waals surface area (Å²) in [6.07, 6.45) is 0.462. The van der Waals surface area contributed by atoms with Gasteiger partial charge in [0.15, 0.2) is 0 Å². The van der Waals surface area contributed by atoms with E-state index in [4.69, 9.17) is 28.9 Å². The summed E-state index contributed by atoms with van der Waals surface area (Å²) in [5, 5.41) is 6.59. The first-order valence-corrected chi connectivity index (χ1v) is 9.00. The molecule has 146 valence electrons. The predicted molar refractivity (Wildman–Crippen MR) is 113 cm³/mol. The predicted octanol–water partition coefficient (Wildman–Crippen LogP) is 3.92. The zero-order chi connectivity index (χ0) is 19.1. The van der Waals surface area contributed by atoms with Crippen molar-refractivity contribution < 1.29 is 9.59 Å². The van der Waals surface area contributed by atoms with Crippen LogP contribution in [0.1, 0.15) is 22.8 Å². The van der Waals surface area contributed by atoms with Crippen LogP contribution in [0.25, 0.3) is 0 Å². The molecule has 0 fully saturated rings. The first kappa shape index (κ1) is 23.2. The molecule has 0 aliphatic heterocycles. The summed E-state index contributed by atoms with van der Waals surface area (Å²) in [6.45, 7) is 2.52. The van der Waals surface area contributed by atoms with E-state index in [1.807, 2.05) is 6.07 Å². The number of amides is 2. The van der Waals surface area contributed by atoms with Gasteiger partial charge in [0.2, 0.25) is 5.91 Å². The number of nitrogens with two attached hydrogens (primary N) is 1. The second kappa shape index (κ2) is 11.1. The first-order chi connectivity index (χ1) is 12.4. The molecule has 4 N–H and O–H groups in total. The van der Waals surface area contributed by atoms with Crippen LogP contribution in [0.15, 0.2) is 42.5 Å². The van der Waals surface area contributed by atoms with Crippen molar-refractivity contribution in [2.75, 3.05) is 18.4 Å². The Morgan fingerprint density at radius 3 is 2.52 bits per heavy atom. The lowest BCUT2D eigenvalue weighted by Gasteiger charge is -2.15. The minimum absolute atomic E-state index is 0. The third-order valence-corrected chi connectivity index (χ3v) is 4.44. The van der Waals surface area contributed by atoms with Crippen LogP contribution in [0.4, 0.5) is 5.69 Å². The van der Waals surface area contributed by atoms with Crippen LogP contribution in [-0.4, -0.2) is 24.9 Å². The van der Waals surface area contributed by atoms with E-state index in [1.54, 1.807) is 43.3 Å². The van der Waals surface area contributed by atoms with E-state index in [0.717, 1.165) is 5.56 Å². The summed E-state index contributed by atoms with van der Waals surface area (Å²) >= 11 is 12.1. The molecule has 0 bridgehead atoms. The Balaban J connectivity index is 0.00000364. The fourth-order valence-electron chi connectivity index (χ4n) is 2.44. The summed E-state index contributed by atoms with van der Waals surface area (Å²) in [4.78, 5) is 24.7. The van der Waals surface area contributed by atoms with E-state index >= 15 is 0 Å². The number of anilines is 1. The number of nitrogens with one attached hydrogen (secondary N) is 2. The second-order valence-corrected chi connectivity index (χ2v) is 6.76. The highest BCUT2D eigenvalue weighted by Crippen LogP contribution is 2.24. The highest BCUT2D eigenvalue weighted by molar-refractivity contribution is 6.35. The Morgan fingerprint density at radius 1 is 1.15 bits per heavy atom. The highest BCUT2D eigenvalue weighted by atomic mass is 35.5. The quantitative estimate of drug-likeness (QED) is 0.622. The van der Waals surface area contributed by atoms with Crippen molar-refractivity contribution in [1.29, 1.82) is 0 Å². The van der Waals surface area contributed by atoms with Gasteiger partial charge in [-0.2, -0.15) is 0 Å². The van der Waals surface area contributed by atoms with Gasteiger partial charge in [-0.3, -0.25) is 9.59 Å². The van der Waals surface area contributed by atoms with E-state index in [0.29, 0.717) is 40.8 Å². The number of carbonyl (C=O) groups excluding carboxylic acids is 2. The SMILES string of the molecule is CC(Cc1ccc(Cl)cc1Cl)C(=O)Nc1ccccc1C(=O)NCCN.Cl. The van der Waals surface area contributed by atoms with Crippen molar-refractivity contribution in [3.8, 4) is 0 Å². The van der Waals surface area contributed by atoms with Gasteiger partial charge in [-0.25, -0.2) is 0 Å². The number of rotatable bonds is 7. The monoisotopic (exact) mass is 429 g/mol. The minimum atomic E-state index is -0.339. The maximum atomic E-state index is 12.6. The normalized spacial score (nSPS) is 11.3. The smallest absolute Gasteiger partial charge is 0.253 e. The Labute approximate surface area is 175 Å². The summed E-state index contributed by atoms with van der Waals surface area (Å²) in [6, 6.07) is 12.0. The van der Waals surface area contributed by atoms with Crippen molar-refractivity contribution in [2.45, 2.75) is 13.3 Å². The highest BCUT2D eigenvalue weighted by Gasteiger charge is 2.18. The molecule has 0 saturated carbocycles. The van der Waals surface area contributed by atoms with E-state index in [1.165, 1.54) is 0 Å². The largest absolute Gasteiger partial charge is 0.351 e. The summed E-state index contributed by atoms with van der Waals surface area (Å²) in [5.74, 6) is -0.816. The lowest BCUT2D eigenvalue weighted by molar-refractivity contribution is -0.119. The van der Waals surface area contributed by atoms with Gasteiger partial charge in [0.25, 0.3) is 5.91 Å². The summed E-state index contributed by atoms with van der Waals surface area (Å²) in [7, 11) is 0. The number of hydrogen-bond donors (Lipinski definition) is 3. The first-order valence-electron chi connectivity index (χ1n) is 8.24. The molecule has 0 aliphatic rings. The van der Waals surface area contributed by atoms with Crippen LogP contribution in [0.3, 0.4) is 0 Å². The Bertz CT molecular complexity index is 800. The lowest BCUT2D eigenvalue weighted by atomic mass is 10.00. The maximum absolute atomic E-state index is 12.6. The molecule has 0 spiro atoms. The van der Waals surface area contributed by atoms with Gasteiger partial charge in [-0.15, -0.1) is 12.4 Å². The van der Waals surface area contributed by atoms with E-state index < -0.39 is 0 Å². The number of carbonyl (C=O) groups is 2. The maximum Gasteiger partial charge on any atom is 0.253 e. The van der Waals surface area contributed by atoms with Crippen LogP contribution in [0.2, 0.25) is 10.0 Å². The molecule has 5 nitrogen and oxygen atoms in total. The molecular weight excluding hydrogens is 409 g/mol. The van der Waals surface area contributed by atoms with Crippen LogP contribution in [0.5, 0.6) is 0 Å².